The molecule has 39 valence electrons. The topological polar surface area (TPSA) is 12.0 Å². The van der Waals surface area contributed by atoms with E-state index in [2.05, 4.69) is 11.4 Å². The molecule has 0 fully saturated rings. The van der Waals surface area contributed by atoms with Crippen LogP contribution in [0.5, 0.6) is 0 Å². The Kier molecular flexibility index (Phi) is 3.29. The van der Waals surface area contributed by atoms with Crippen molar-refractivity contribution in [2.45, 2.75) is 6.42 Å². The van der Waals surface area contributed by atoms with Gasteiger partial charge in [-0.3, -0.25) is 0 Å². The number of hydrogen-bond acceptors (Lipinski definition) is 1. The normalized spacial score (nSPS) is 16.0. The minimum absolute atomic E-state index is 0. The van der Waals surface area contributed by atoms with Crippen LogP contribution in [0.3, 0.4) is 0 Å². The molecule has 1 aliphatic heterocycles. The van der Waals surface area contributed by atoms with E-state index >= 15 is 0 Å². The molecule has 1 aliphatic rings. The van der Waals surface area contributed by atoms with Crippen LogP contribution < -0.4 is 5.32 Å². The van der Waals surface area contributed by atoms with Gasteiger partial charge in [0.15, 0.2) is 0 Å². The van der Waals surface area contributed by atoms with Crippen molar-refractivity contribution in [3.63, 3.8) is 0 Å². The first-order valence-corrected chi connectivity index (χ1v) is 1.88. The summed E-state index contributed by atoms with van der Waals surface area (Å²) in [6.07, 6.45) is 5.32. The van der Waals surface area contributed by atoms with Gasteiger partial charge < -0.3 is 5.32 Å². The Labute approximate surface area is 48.3 Å². The zero-order chi connectivity index (χ0) is 3.54. The Morgan fingerprint density at radius 1 is 1.50 bits per heavy atom. The fourth-order valence-corrected chi connectivity index (χ4v) is 0.417. The zero-order valence-corrected chi connectivity index (χ0v) is 4.31. The average molecular weight is 133 g/mol. The molecule has 1 nitrogen and oxygen atoms in total. The Morgan fingerprint density at radius 3 is 2.50 bits per heavy atom. The molecular formula is C4H7CuN. The zero-order valence-electron chi connectivity index (χ0n) is 3.37. The van der Waals surface area contributed by atoms with Crippen molar-refractivity contribution in [1.29, 1.82) is 0 Å². The van der Waals surface area contributed by atoms with Gasteiger partial charge in [0, 0.05) is 23.6 Å². The third-order valence-electron chi connectivity index (χ3n) is 0.691. The Balaban J connectivity index is 0.000000250. The van der Waals surface area contributed by atoms with E-state index in [1.54, 1.807) is 0 Å². The molecule has 0 bridgehead atoms. The second-order valence-electron chi connectivity index (χ2n) is 1.15. The molecule has 0 saturated carbocycles. The molecule has 0 aromatic carbocycles. The van der Waals surface area contributed by atoms with Gasteiger partial charge in [0.1, 0.15) is 0 Å². The van der Waals surface area contributed by atoms with E-state index < -0.39 is 0 Å². The van der Waals surface area contributed by atoms with Gasteiger partial charge >= 0.3 is 0 Å². The summed E-state index contributed by atoms with van der Waals surface area (Å²) in [5.41, 5.74) is 0. The third kappa shape index (κ3) is 1.48. The van der Waals surface area contributed by atoms with Gasteiger partial charge in [-0.15, -0.1) is 0 Å². The molecule has 0 atom stereocenters. The number of rotatable bonds is 0. The van der Waals surface area contributed by atoms with Gasteiger partial charge in [-0.2, -0.15) is 0 Å². The largest absolute Gasteiger partial charge is 0.391 e. The van der Waals surface area contributed by atoms with Crippen molar-refractivity contribution in [3.8, 4) is 0 Å². The summed E-state index contributed by atoms with van der Waals surface area (Å²) in [6, 6.07) is 0. The monoisotopic (exact) mass is 132 g/mol. The fourth-order valence-electron chi connectivity index (χ4n) is 0.417. The SMILES string of the molecule is C1=CNCC1.[Cu]. The van der Waals surface area contributed by atoms with Crippen LogP contribution in [0.15, 0.2) is 12.3 Å². The van der Waals surface area contributed by atoms with Crippen LogP contribution in [0.4, 0.5) is 0 Å². The molecule has 1 heterocycles. The molecule has 6 heavy (non-hydrogen) atoms. The van der Waals surface area contributed by atoms with Crippen LogP contribution >= 0.6 is 0 Å². The summed E-state index contributed by atoms with van der Waals surface area (Å²) < 4.78 is 0. The Bertz CT molecular complexity index is 45.5. The summed E-state index contributed by atoms with van der Waals surface area (Å²) in [7, 11) is 0. The van der Waals surface area contributed by atoms with Crippen LogP contribution in [0, 0.1) is 0 Å². The van der Waals surface area contributed by atoms with Crippen molar-refractivity contribution in [1.82, 2.24) is 5.32 Å². The van der Waals surface area contributed by atoms with Gasteiger partial charge in [0.2, 0.25) is 0 Å². The van der Waals surface area contributed by atoms with Crippen molar-refractivity contribution in [3.05, 3.63) is 12.3 Å². The Morgan fingerprint density at radius 2 is 2.33 bits per heavy atom. The third-order valence-corrected chi connectivity index (χ3v) is 0.691. The van der Waals surface area contributed by atoms with E-state index in [0.29, 0.717) is 0 Å². The van der Waals surface area contributed by atoms with Crippen molar-refractivity contribution in [2.75, 3.05) is 6.54 Å². The summed E-state index contributed by atoms with van der Waals surface area (Å²) in [6.45, 7) is 1.14. The van der Waals surface area contributed by atoms with Crippen molar-refractivity contribution >= 4 is 0 Å². The predicted octanol–water partition coefficient (Wildman–Crippen LogP) is 0.491. The van der Waals surface area contributed by atoms with Crippen LogP contribution in [0.1, 0.15) is 6.42 Å². The maximum absolute atomic E-state index is 3.04. The van der Waals surface area contributed by atoms with E-state index in [9.17, 15) is 0 Å². The molecule has 0 spiro atoms. The first-order chi connectivity index (χ1) is 2.50. The van der Waals surface area contributed by atoms with Crippen LogP contribution in [0.2, 0.25) is 0 Å². The molecule has 2 heteroatoms. The smallest absolute Gasteiger partial charge is 0.0176 e. The molecule has 0 aliphatic carbocycles. The van der Waals surface area contributed by atoms with E-state index in [0.717, 1.165) is 6.54 Å². The molecule has 0 amide bonds. The van der Waals surface area contributed by atoms with E-state index in [1.165, 1.54) is 6.42 Å². The van der Waals surface area contributed by atoms with Crippen LogP contribution in [0.25, 0.3) is 0 Å². The maximum Gasteiger partial charge on any atom is 0.0176 e. The summed E-state index contributed by atoms with van der Waals surface area (Å²) in [4.78, 5) is 0. The van der Waals surface area contributed by atoms with Crippen molar-refractivity contribution < 1.29 is 17.1 Å². The second kappa shape index (κ2) is 3.26. The van der Waals surface area contributed by atoms with Crippen LogP contribution in [-0.4, -0.2) is 6.54 Å². The fraction of sp³-hybridized carbons (Fsp3) is 0.500. The molecule has 0 aromatic heterocycles. The van der Waals surface area contributed by atoms with Gasteiger partial charge in [-0.1, -0.05) is 6.08 Å². The van der Waals surface area contributed by atoms with Gasteiger partial charge in [0.05, 0.1) is 0 Å². The first kappa shape index (κ1) is 6.06. The molecular weight excluding hydrogens is 126 g/mol. The molecule has 1 N–H and O–H groups in total. The van der Waals surface area contributed by atoms with Gasteiger partial charge in [0.25, 0.3) is 0 Å². The molecule has 1 radical (unpaired) electrons. The summed E-state index contributed by atoms with van der Waals surface area (Å²) in [5.74, 6) is 0. The number of nitrogens with one attached hydrogen (secondary N) is 1. The molecule has 0 saturated heterocycles. The predicted molar refractivity (Wildman–Crippen MR) is 21.8 cm³/mol. The average Bonchev–Trinajstić information content (AvgIpc) is 1.76. The summed E-state index contributed by atoms with van der Waals surface area (Å²) in [5, 5.41) is 3.04. The Hall–Kier alpha value is 0.0595. The first-order valence-electron chi connectivity index (χ1n) is 1.88. The molecule has 1 rings (SSSR count). The molecule has 0 aromatic rings. The quantitative estimate of drug-likeness (QED) is 0.474. The van der Waals surface area contributed by atoms with E-state index in [-0.39, 0.29) is 17.1 Å². The van der Waals surface area contributed by atoms with Crippen LogP contribution in [-0.2, 0) is 17.1 Å². The standard InChI is InChI=1S/C4H7N.Cu/c1-2-4-5-3-1;/h1,3,5H,2,4H2;. The van der Waals surface area contributed by atoms with E-state index in [4.69, 9.17) is 0 Å². The van der Waals surface area contributed by atoms with Gasteiger partial charge in [-0.25, -0.2) is 0 Å². The minimum Gasteiger partial charge on any atom is -0.391 e. The molecule has 0 unspecified atom stereocenters. The van der Waals surface area contributed by atoms with Gasteiger partial charge in [-0.05, 0) is 12.6 Å². The van der Waals surface area contributed by atoms with E-state index in [1.807, 2.05) is 6.20 Å². The number of hydrogen-bond donors (Lipinski definition) is 1. The minimum atomic E-state index is 0. The summed E-state index contributed by atoms with van der Waals surface area (Å²) >= 11 is 0. The maximum atomic E-state index is 3.04. The van der Waals surface area contributed by atoms with Crippen molar-refractivity contribution in [2.24, 2.45) is 0 Å². The second-order valence-corrected chi connectivity index (χ2v) is 1.15.